The molecule has 0 spiro atoms. The summed E-state index contributed by atoms with van der Waals surface area (Å²) < 4.78 is 83.2. The molecule has 0 aliphatic rings. The van der Waals surface area contributed by atoms with Crippen molar-refractivity contribution in [3.8, 4) is 45.5 Å². The van der Waals surface area contributed by atoms with Gasteiger partial charge in [0, 0.05) is 63.2 Å². The third-order valence-corrected chi connectivity index (χ3v) is 13.2. The Kier molecular flexibility index (Phi) is 27.3. The first-order valence-corrected chi connectivity index (χ1v) is 27.2. The molecule has 4 amide bonds. The van der Waals surface area contributed by atoms with Crippen molar-refractivity contribution in [2.45, 2.75) is 165 Å². The first-order valence-electron chi connectivity index (χ1n) is 27.2. The van der Waals surface area contributed by atoms with E-state index in [4.69, 9.17) is 18.9 Å². The Hall–Kier alpha value is -6.34. The predicted octanol–water partition coefficient (Wildman–Crippen LogP) is 11.1. The van der Waals surface area contributed by atoms with Gasteiger partial charge in [0.25, 0.3) is 11.8 Å². The number of unbranched alkanes of at least 4 members (excludes halogenated alkanes) is 2. The Bertz CT molecular complexity index is 2470. The number of halogens is 4. The minimum absolute atomic E-state index is 0.0383. The summed E-state index contributed by atoms with van der Waals surface area (Å²) in [7, 11) is 5.14. The van der Waals surface area contributed by atoms with Crippen molar-refractivity contribution in [1.29, 1.82) is 0 Å². The summed E-state index contributed by atoms with van der Waals surface area (Å²) >= 11 is 0. The van der Waals surface area contributed by atoms with Gasteiger partial charge in [-0.3, -0.25) is 28.5 Å². The molecule has 4 rings (SSSR count). The second-order valence-electron chi connectivity index (χ2n) is 20.4. The minimum atomic E-state index is -0.894. The second kappa shape index (κ2) is 32.4. The summed E-state index contributed by atoms with van der Waals surface area (Å²) in [5.74, 6) is -4.72. The van der Waals surface area contributed by atoms with Crippen LogP contribution >= 0.6 is 0 Å². The van der Waals surface area contributed by atoms with E-state index in [1.54, 1.807) is 9.36 Å². The third kappa shape index (κ3) is 19.0. The van der Waals surface area contributed by atoms with Gasteiger partial charge in [-0.05, 0) is 61.5 Å². The summed E-state index contributed by atoms with van der Waals surface area (Å²) in [6.45, 7) is 22.3. The number of aromatic nitrogens is 4. The molecule has 0 fully saturated rings. The Morgan fingerprint density at radius 1 is 0.532 bits per heavy atom. The van der Waals surface area contributed by atoms with Gasteiger partial charge in [0.2, 0.25) is 11.8 Å². The molecule has 0 saturated carbocycles. The number of nitrogens with zero attached hydrogens (tertiary/aromatic N) is 4. The van der Waals surface area contributed by atoms with Crippen molar-refractivity contribution < 1.29 is 55.7 Å². The van der Waals surface area contributed by atoms with Gasteiger partial charge in [0.1, 0.15) is 0 Å². The third-order valence-electron chi connectivity index (χ3n) is 13.2. The zero-order chi connectivity index (χ0) is 57.5. The highest BCUT2D eigenvalue weighted by atomic mass is 19.1. The number of carbonyl (C=O) groups excluding carboxylic acids is 4. The first kappa shape index (κ1) is 64.9. The smallest absolute Gasteiger partial charge is 0.272 e. The van der Waals surface area contributed by atoms with Crippen LogP contribution in [0.15, 0.2) is 24.3 Å². The normalized spacial score (nSPS) is 12.4. The van der Waals surface area contributed by atoms with Crippen molar-refractivity contribution in [3.05, 3.63) is 58.9 Å². The standard InChI is InChI=1S/C29H44F2N4O4.C28H42F2N4O4/c1-8-11-12-32-25(36)14-20(13-18(4)5)33-29(37)23-16-24(35(34-23)17-19(9-2)10-3)26-27(38-6)21(30)15-22(31)28(26)39-7;1-8-10-11-31-24(35)13-19(12-17(3)4)32-28(36)22-15-23(34(33-22)16-18(5)9-2)25-26(37-6)20(29)14-21(30)27(25)38-7/h15-16,18-20H,8-14,17H2,1-7H3,(H,32,36)(H,33,37);14-15,17-19H,8-13,16H2,1-7H3,(H,31,35)(H,32,36)/t20-;18?,19-/m00/s1. The van der Waals surface area contributed by atoms with Crippen LogP contribution in [0.3, 0.4) is 0 Å². The van der Waals surface area contributed by atoms with Gasteiger partial charge in [-0.2, -0.15) is 10.2 Å². The van der Waals surface area contributed by atoms with E-state index in [2.05, 4.69) is 45.3 Å². The van der Waals surface area contributed by atoms with Gasteiger partial charge in [-0.1, -0.05) is 101 Å². The first-order chi connectivity index (χ1) is 36.6. The molecule has 16 nitrogen and oxygen atoms in total. The van der Waals surface area contributed by atoms with Gasteiger partial charge in [0.15, 0.2) is 57.7 Å². The fourth-order valence-electron chi connectivity index (χ4n) is 8.83. The van der Waals surface area contributed by atoms with E-state index in [0.29, 0.717) is 62.5 Å². The van der Waals surface area contributed by atoms with Crippen LogP contribution in [0.5, 0.6) is 23.0 Å². The van der Waals surface area contributed by atoms with Gasteiger partial charge in [0.05, 0.1) is 51.0 Å². The Morgan fingerprint density at radius 3 is 1.18 bits per heavy atom. The molecule has 2 aromatic carbocycles. The predicted molar refractivity (Wildman–Crippen MR) is 291 cm³/mol. The number of hydrogen-bond donors (Lipinski definition) is 4. The zero-order valence-corrected chi connectivity index (χ0v) is 47.9. The van der Waals surface area contributed by atoms with Crippen molar-refractivity contribution in [2.24, 2.45) is 23.7 Å². The molecule has 2 heterocycles. The number of hydrogen-bond acceptors (Lipinski definition) is 10. The monoisotopic (exact) mass is 1090 g/mol. The maximum Gasteiger partial charge on any atom is 0.272 e. The summed E-state index contributed by atoms with van der Waals surface area (Å²) in [5, 5.41) is 20.7. The van der Waals surface area contributed by atoms with E-state index >= 15 is 0 Å². The van der Waals surface area contributed by atoms with E-state index in [1.807, 2.05) is 55.4 Å². The summed E-state index contributed by atoms with van der Waals surface area (Å²) in [5.41, 5.74) is 0.819. The lowest BCUT2D eigenvalue weighted by Crippen LogP contribution is -2.40. The highest BCUT2D eigenvalue weighted by molar-refractivity contribution is 5.95. The van der Waals surface area contributed by atoms with Crippen LogP contribution in [-0.4, -0.2) is 96.8 Å². The molecule has 0 aliphatic heterocycles. The lowest BCUT2D eigenvalue weighted by atomic mass is 10.0. The molecule has 4 N–H and O–H groups in total. The van der Waals surface area contributed by atoms with E-state index in [0.717, 1.165) is 44.9 Å². The summed E-state index contributed by atoms with van der Waals surface area (Å²) in [4.78, 5) is 51.7. The van der Waals surface area contributed by atoms with E-state index in [9.17, 15) is 36.7 Å². The van der Waals surface area contributed by atoms with Crippen molar-refractivity contribution in [1.82, 2.24) is 40.8 Å². The molecule has 0 aliphatic carbocycles. The molecular formula is C57H86F4N8O8. The maximum atomic E-state index is 14.8. The lowest BCUT2D eigenvalue weighted by Gasteiger charge is -2.20. The lowest BCUT2D eigenvalue weighted by molar-refractivity contribution is -0.122. The Labute approximate surface area is 453 Å². The topological polar surface area (TPSA) is 189 Å². The van der Waals surface area contributed by atoms with Crippen LogP contribution in [-0.2, 0) is 22.7 Å². The van der Waals surface area contributed by atoms with Crippen molar-refractivity contribution >= 4 is 23.6 Å². The fourth-order valence-corrected chi connectivity index (χ4v) is 8.83. The number of methoxy groups -OCH3 is 4. The molecule has 3 atom stereocenters. The van der Waals surface area contributed by atoms with Gasteiger partial charge < -0.3 is 40.2 Å². The van der Waals surface area contributed by atoms with Crippen LogP contribution < -0.4 is 40.2 Å². The molecule has 430 valence electrons. The molecule has 0 bridgehead atoms. The van der Waals surface area contributed by atoms with Gasteiger partial charge in [-0.15, -0.1) is 0 Å². The number of rotatable bonds is 31. The van der Waals surface area contributed by atoms with Crippen molar-refractivity contribution in [3.63, 3.8) is 0 Å². The zero-order valence-electron chi connectivity index (χ0n) is 47.9. The molecule has 0 saturated heterocycles. The number of amides is 4. The molecular weight excluding hydrogens is 1000 g/mol. The van der Waals surface area contributed by atoms with Crippen LogP contribution in [0, 0.1) is 46.9 Å². The molecule has 1 unspecified atom stereocenters. The van der Waals surface area contributed by atoms with Crippen LogP contribution in [0.1, 0.15) is 161 Å². The van der Waals surface area contributed by atoms with Gasteiger partial charge in [-0.25, -0.2) is 17.6 Å². The molecule has 0 radical (unpaired) electrons. The van der Waals surface area contributed by atoms with E-state index in [-0.39, 0.29) is 93.8 Å². The number of benzene rings is 2. The Morgan fingerprint density at radius 2 is 0.883 bits per heavy atom. The molecule has 77 heavy (non-hydrogen) atoms. The number of nitrogens with one attached hydrogen (secondary N) is 4. The average Bonchev–Trinajstić information content (AvgIpc) is 3.99. The van der Waals surface area contributed by atoms with Crippen LogP contribution in [0.2, 0.25) is 0 Å². The molecule has 2 aromatic heterocycles. The van der Waals surface area contributed by atoms with Gasteiger partial charge >= 0.3 is 0 Å². The second-order valence-corrected chi connectivity index (χ2v) is 20.4. The summed E-state index contributed by atoms with van der Waals surface area (Å²) in [6.07, 6.45) is 7.74. The van der Waals surface area contributed by atoms with E-state index in [1.165, 1.54) is 40.6 Å². The van der Waals surface area contributed by atoms with Crippen LogP contribution in [0.25, 0.3) is 22.5 Å². The fraction of sp³-hybridized carbons (Fsp3) is 0.614. The molecule has 4 aromatic rings. The largest absolute Gasteiger partial charge is 0.493 e. The minimum Gasteiger partial charge on any atom is -0.493 e. The SMILES string of the molecule is CCCCNC(=O)C[C@H](CC(C)C)NC(=O)c1cc(-c2c(OC)c(F)cc(F)c2OC)n(CC(C)CC)n1.CCCCNC(=O)C[C@H](CC(C)C)NC(=O)c1cc(-c2c(OC)c(F)cc(F)c2OC)n(CC(CC)CC)n1. The van der Waals surface area contributed by atoms with E-state index < -0.39 is 47.2 Å². The number of carbonyl (C=O) groups is 4. The highest BCUT2D eigenvalue weighted by Gasteiger charge is 2.31. The Balaban J connectivity index is 0.000000405. The summed E-state index contributed by atoms with van der Waals surface area (Å²) in [6, 6.07) is 3.57. The van der Waals surface area contributed by atoms with Crippen molar-refractivity contribution in [2.75, 3.05) is 41.5 Å². The highest BCUT2D eigenvalue weighted by Crippen LogP contribution is 2.44. The maximum absolute atomic E-state index is 14.8. The quantitative estimate of drug-likeness (QED) is 0.0279. The average molecular weight is 1090 g/mol. The van der Waals surface area contributed by atoms with Crippen LogP contribution in [0.4, 0.5) is 17.6 Å². The number of ether oxygens (including phenoxy) is 4. The molecule has 20 heteroatoms.